The zero-order valence-electron chi connectivity index (χ0n) is 3.37. The summed E-state index contributed by atoms with van der Waals surface area (Å²) in [6.45, 7) is 0. The van der Waals surface area contributed by atoms with Gasteiger partial charge in [-0.1, -0.05) is 4.99 Å². The van der Waals surface area contributed by atoms with Crippen molar-refractivity contribution in [1.82, 2.24) is 0 Å². The molecule has 7 heavy (non-hydrogen) atoms. The van der Waals surface area contributed by atoms with E-state index in [2.05, 4.69) is 21.3 Å². The minimum absolute atomic E-state index is 0. The molecular formula is C3H2IN3. The van der Waals surface area contributed by atoms with Crippen molar-refractivity contribution in [3.63, 3.8) is 0 Å². The Morgan fingerprint density at radius 2 is 2.14 bits per heavy atom. The van der Waals surface area contributed by atoms with Crippen LogP contribution in [0.3, 0.4) is 0 Å². The van der Waals surface area contributed by atoms with Crippen LogP contribution < -0.4 is 24.0 Å². The second-order valence-corrected chi connectivity index (χ2v) is 0.738. The zero-order valence-corrected chi connectivity index (χ0v) is 5.53. The van der Waals surface area contributed by atoms with Gasteiger partial charge < -0.3 is 24.0 Å². The Hall–Kier alpha value is -0.350. The Bertz CT molecular complexity index is 79.6. The maximum Gasteiger partial charge on any atom is 0.281 e. The minimum Gasteiger partial charge on any atom is -1.00 e. The Balaban J connectivity index is 0.000000360. The van der Waals surface area contributed by atoms with Gasteiger partial charge in [0.05, 0.1) is 0 Å². The third-order valence-corrected chi connectivity index (χ3v) is 0.364. The molecule has 36 valence electrons. The number of aliphatic imine (C=N–C) groups is 3. The number of halogens is 1. The maximum absolute atomic E-state index is 3.53. The van der Waals surface area contributed by atoms with Gasteiger partial charge in [-0.25, -0.2) is 0 Å². The predicted molar refractivity (Wildman–Crippen MR) is 24.4 cm³/mol. The fourth-order valence-electron chi connectivity index (χ4n) is 0.181. The smallest absolute Gasteiger partial charge is 0.281 e. The molecule has 0 spiro atoms. The van der Waals surface area contributed by atoms with E-state index in [0.717, 1.165) is 0 Å². The lowest BCUT2D eigenvalue weighted by molar-refractivity contribution is -0.00000130. The molecule has 0 amide bonds. The Labute approximate surface area is 58.3 Å². The van der Waals surface area contributed by atoms with Gasteiger partial charge in [-0.15, -0.1) is 0 Å². The molecule has 0 aromatic heterocycles. The van der Waals surface area contributed by atoms with Crippen molar-refractivity contribution >= 4 is 19.0 Å². The maximum atomic E-state index is 3.53. The van der Waals surface area contributed by atoms with Gasteiger partial charge in [-0.3, -0.25) is 0 Å². The summed E-state index contributed by atoms with van der Waals surface area (Å²) in [7, 11) is 0. The largest absolute Gasteiger partial charge is 1.00 e. The van der Waals surface area contributed by atoms with Gasteiger partial charge in [0.15, 0.2) is 0 Å². The molecule has 0 aromatic carbocycles. The lowest BCUT2D eigenvalue weighted by atomic mass is 11.0. The molecule has 1 aliphatic heterocycles. The molecule has 0 N–H and O–H groups in total. The highest BCUT2D eigenvalue weighted by molar-refractivity contribution is 5.86. The van der Waals surface area contributed by atoms with E-state index < -0.39 is 0 Å². The summed E-state index contributed by atoms with van der Waals surface area (Å²) in [5.41, 5.74) is 0. The number of nitrogens with zero attached hydrogens (tertiary/aromatic N) is 3. The van der Waals surface area contributed by atoms with Crippen LogP contribution in [0.1, 0.15) is 0 Å². The summed E-state index contributed by atoms with van der Waals surface area (Å²) in [6, 6.07) is 0. The van der Waals surface area contributed by atoms with Crippen molar-refractivity contribution in [1.29, 1.82) is 0 Å². The molecule has 0 saturated carbocycles. The molecule has 4 heteroatoms. The van der Waals surface area contributed by atoms with Crippen molar-refractivity contribution in [2.45, 2.75) is 0 Å². The zero-order chi connectivity index (χ0) is 4.24. The minimum atomic E-state index is 0. The third-order valence-electron chi connectivity index (χ3n) is 0.364. The lowest BCUT2D eigenvalue weighted by Gasteiger charge is -1.61. The van der Waals surface area contributed by atoms with Crippen molar-refractivity contribution in [3.8, 4) is 0 Å². The van der Waals surface area contributed by atoms with Gasteiger partial charge in [0.2, 0.25) is 12.7 Å². The van der Waals surface area contributed by atoms with Crippen molar-refractivity contribution < 1.29 is 24.0 Å². The van der Waals surface area contributed by atoms with Gasteiger partial charge in [0.1, 0.15) is 0 Å². The monoisotopic (exact) mass is 207 g/mol. The molecule has 1 rings (SSSR count). The molecule has 0 fully saturated rings. The Morgan fingerprint density at radius 3 is 2.29 bits per heavy atom. The first-order chi connectivity index (χ1) is 3.00. The van der Waals surface area contributed by atoms with Gasteiger partial charge in [-0.05, 0) is 9.98 Å². The van der Waals surface area contributed by atoms with E-state index in [4.69, 9.17) is 0 Å². The van der Waals surface area contributed by atoms with E-state index in [9.17, 15) is 0 Å². The third kappa shape index (κ3) is 2.36. The van der Waals surface area contributed by atoms with Crippen LogP contribution in [0.4, 0.5) is 0 Å². The van der Waals surface area contributed by atoms with E-state index in [1.54, 1.807) is 0 Å². The fraction of sp³-hybridized carbons (Fsp3) is 0. The van der Waals surface area contributed by atoms with Crippen LogP contribution in [-0.4, -0.2) is 19.0 Å². The summed E-state index contributed by atoms with van der Waals surface area (Å²) in [4.78, 5) is 10.4. The summed E-state index contributed by atoms with van der Waals surface area (Å²) < 4.78 is 0. The Morgan fingerprint density at radius 1 is 1.29 bits per heavy atom. The second-order valence-electron chi connectivity index (χ2n) is 0.738. The molecule has 0 bridgehead atoms. The van der Waals surface area contributed by atoms with Crippen molar-refractivity contribution in [2.75, 3.05) is 0 Å². The predicted octanol–water partition coefficient (Wildman–Crippen LogP) is -3.03. The second kappa shape index (κ2) is 3.83. The van der Waals surface area contributed by atoms with Gasteiger partial charge >= 0.3 is 0 Å². The first-order valence-corrected chi connectivity index (χ1v) is 1.48. The van der Waals surface area contributed by atoms with E-state index >= 15 is 0 Å². The average molecular weight is 207 g/mol. The summed E-state index contributed by atoms with van der Waals surface area (Å²) in [5, 5.41) is 0. The first-order valence-electron chi connectivity index (χ1n) is 1.48. The molecule has 0 aliphatic carbocycles. The summed E-state index contributed by atoms with van der Waals surface area (Å²) in [5.74, 6) is 0. The normalized spacial score (nSPS) is 12.6. The fourth-order valence-corrected chi connectivity index (χ4v) is 0.181. The summed E-state index contributed by atoms with van der Waals surface area (Å²) in [6.07, 6.45) is 5.09. The molecule has 1 aliphatic rings. The molecule has 0 unspecified atom stereocenters. The molecule has 0 aromatic rings. The van der Waals surface area contributed by atoms with Gasteiger partial charge in [0, 0.05) is 0 Å². The van der Waals surface area contributed by atoms with Crippen LogP contribution in [0.25, 0.3) is 0 Å². The topological polar surface area (TPSA) is 37.1 Å². The molecule has 3 nitrogen and oxygen atoms in total. The molecule has 0 atom stereocenters. The molecule has 1 heterocycles. The standard InChI is InChI=1S/C3H2N3.HI/c1-4-2-6-3-5-1;/h1-2H;1H/q+1;/p-1. The number of rotatable bonds is 0. The van der Waals surface area contributed by atoms with Gasteiger partial charge in [0.25, 0.3) is 6.34 Å². The average Bonchev–Trinajstić information content (AvgIpc) is 1.72. The van der Waals surface area contributed by atoms with E-state index in [-0.39, 0.29) is 24.0 Å². The highest BCUT2D eigenvalue weighted by Crippen LogP contribution is 1.68. The van der Waals surface area contributed by atoms with Crippen LogP contribution in [-0.2, 0) is 0 Å². The lowest BCUT2D eigenvalue weighted by Crippen LogP contribution is -3.00. The molecule has 0 saturated heterocycles. The van der Waals surface area contributed by atoms with Crippen LogP contribution >= 0.6 is 0 Å². The first kappa shape index (κ1) is 6.65. The number of hydrogen-bond donors (Lipinski definition) is 0. The Kier molecular flexibility index (Phi) is 3.64. The molecular weight excluding hydrogens is 205 g/mol. The van der Waals surface area contributed by atoms with Crippen molar-refractivity contribution in [2.24, 2.45) is 15.0 Å². The van der Waals surface area contributed by atoms with E-state index in [1.165, 1.54) is 12.7 Å². The van der Waals surface area contributed by atoms with E-state index in [1.807, 2.05) is 0 Å². The quantitative estimate of drug-likeness (QED) is 0.299. The summed E-state index contributed by atoms with van der Waals surface area (Å²) >= 11 is 0. The number of hydrogen-bond acceptors (Lipinski definition) is 3. The van der Waals surface area contributed by atoms with E-state index in [0.29, 0.717) is 0 Å². The van der Waals surface area contributed by atoms with Gasteiger partial charge in [-0.2, -0.15) is 0 Å². The van der Waals surface area contributed by atoms with Crippen LogP contribution in [0.15, 0.2) is 15.0 Å². The van der Waals surface area contributed by atoms with Crippen LogP contribution in [0.2, 0.25) is 0 Å². The SMILES string of the molecule is [C+]1=NC=NC=N1.[I-]. The van der Waals surface area contributed by atoms with Crippen LogP contribution in [0, 0.1) is 0 Å². The van der Waals surface area contributed by atoms with Crippen LogP contribution in [0.5, 0.6) is 0 Å². The van der Waals surface area contributed by atoms with Crippen molar-refractivity contribution in [3.05, 3.63) is 0 Å². The molecule has 0 radical (unpaired) electrons. The highest BCUT2D eigenvalue weighted by atomic mass is 127. The highest BCUT2D eigenvalue weighted by Gasteiger charge is 1.82.